The normalized spacial score (nSPS) is 15.1. The van der Waals surface area contributed by atoms with Crippen LogP contribution in [0.25, 0.3) is 0 Å². The van der Waals surface area contributed by atoms with Gasteiger partial charge in [-0.15, -0.1) is 13.2 Å². The first-order chi connectivity index (χ1) is 21.5. The van der Waals surface area contributed by atoms with E-state index in [1.54, 1.807) is 24.3 Å². The molecule has 0 aliphatic heterocycles. The van der Waals surface area contributed by atoms with Crippen LogP contribution in [-0.4, -0.2) is 35.8 Å². The molecule has 1 fully saturated rings. The standard InChI is InChI=1S/C35H39F3N2O5/c1-2-31(27-16-18-29(19-17-27)45-35(36,37)38)40-34(44)30(26-14-12-25(13-15-26)24-6-4-3-5-7-24)22-23-8-10-28(11-9-23)33(43)39-21-20-32(41)42/h8-19,24,30-31H,2-7,20-22H2,1H3,(H,39,43)(H,40,44)(H,41,42). The van der Waals surface area contributed by atoms with E-state index in [-0.39, 0.29) is 30.5 Å². The van der Waals surface area contributed by atoms with Crippen molar-refractivity contribution in [1.82, 2.24) is 10.6 Å². The van der Waals surface area contributed by atoms with Crippen LogP contribution in [0.2, 0.25) is 0 Å². The minimum Gasteiger partial charge on any atom is -0.481 e. The fraction of sp³-hybridized carbons (Fsp3) is 0.400. The molecule has 2 amide bonds. The SMILES string of the molecule is CCC(NC(=O)C(Cc1ccc(C(=O)NCCC(=O)O)cc1)c1ccc(C2CCCCC2)cc1)c1ccc(OC(F)(F)F)cc1. The number of carboxylic acids is 1. The summed E-state index contributed by atoms with van der Waals surface area (Å²) in [6.45, 7) is 1.91. The first kappa shape index (κ1) is 33.6. The minimum atomic E-state index is -4.79. The number of amides is 2. The lowest BCUT2D eigenvalue weighted by Gasteiger charge is -2.25. The summed E-state index contributed by atoms with van der Waals surface area (Å²) in [7, 11) is 0. The van der Waals surface area contributed by atoms with Gasteiger partial charge in [0.15, 0.2) is 0 Å². The summed E-state index contributed by atoms with van der Waals surface area (Å²) in [5.41, 5.74) is 3.97. The molecule has 0 bridgehead atoms. The highest BCUT2D eigenvalue weighted by molar-refractivity contribution is 5.94. The molecule has 0 saturated heterocycles. The maximum Gasteiger partial charge on any atom is 0.573 e. The highest BCUT2D eigenvalue weighted by Crippen LogP contribution is 2.34. The second-order valence-corrected chi connectivity index (χ2v) is 11.4. The third kappa shape index (κ3) is 10.1. The Bertz CT molecular complexity index is 1420. The predicted octanol–water partition coefficient (Wildman–Crippen LogP) is 7.43. The van der Waals surface area contributed by atoms with Gasteiger partial charge in [0.1, 0.15) is 5.75 Å². The summed E-state index contributed by atoms with van der Waals surface area (Å²) in [5.74, 6) is -1.99. The molecule has 0 spiro atoms. The second-order valence-electron chi connectivity index (χ2n) is 11.4. The lowest BCUT2D eigenvalue weighted by Crippen LogP contribution is -2.33. The zero-order chi connectivity index (χ0) is 32.4. The fourth-order valence-electron chi connectivity index (χ4n) is 5.81. The summed E-state index contributed by atoms with van der Waals surface area (Å²) >= 11 is 0. The van der Waals surface area contributed by atoms with E-state index in [1.807, 2.05) is 19.1 Å². The van der Waals surface area contributed by atoms with Gasteiger partial charge in [0, 0.05) is 12.1 Å². The molecule has 4 rings (SSSR count). The highest BCUT2D eigenvalue weighted by atomic mass is 19.4. The van der Waals surface area contributed by atoms with Crippen molar-refractivity contribution < 1.29 is 37.4 Å². The number of carboxylic acid groups (broad SMARTS) is 1. The molecule has 10 heteroatoms. The zero-order valence-corrected chi connectivity index (χ0v) is 25.2. The van der Waals surface area contributed by atoms with Crippen molar-refractivity contribution in [2.45, 2.75) is 82.5 Å². The van der Waals surface area contributed by atoms with Crippen LogP contribution in [0.4, 0.5) is 13.2 Å². The molecule has 1 aliphatic rings. The number of benzene rings is 3. The number of nitrogens with one attached hydrogen (secondary N) is 2. The van der Waals surface area contributed by atoms with Gasteiger partial charge in [-0.25, -0.2) is 0 Å². The summed E-state index contributed by atoms with van der Waals surface area (Å²) in [4.78, 5) is 37.0. The van der Waals surface area contributed by atoms with E-state index in [4.69, 9.17) is 5.11 Å². The lowest BCUT2D eigenvalue weighted by molar-refractivity contribution is -0.274. The molecule has 1 saturated carbocycles. The van der Waals surface area contributed by atoms with Crippen LogP contribution < -0.4 is 15.4 Å². The van der Waals surface area contributed by atoms with Gasteiger partial charge in [-0.1, -0.05) is 74.7 Å². The van der Waals surface area contributed by atoms with Crippen LogP contribution in [0, 0.1) is 0 Å². The van der Waals surface area contributed by atoms with Gasteiger partial charge < -0.3 is 20.5 Å². The van der Waals surface area contributed by atoms with E-state index in [9.17, 15) is 27.6 Å². The molecule has 7 nitrogen and oxygen atoms in total. The Morgan fingerprint density at radius 2 is 1.51 bits per heavy atom. The average molecular weight is 625 g/mol. The van der Waals surface area contributed by atoms with Gasteiger partial charge in [-0.05, 0) is 78.1 Å². The monoisotopic (exact) mass is 624 g/mol. The van der Waals surface area contributed by atoms with Crippen LogP contribution in [0.3, 0.4) is 0 Å². The number of ether oxygens (including phenoxy) is 1. The maximum absolute atomic E-state index is 13.9. The van der Waals surface area contributed by atoms with Crippen LogP contribution >= 0.6 is 0 Å². The van der Waals surface area contributed by atoms with Crippen LogP contribution in [0.5, 0.6) is 5.75 Å². The topological polar surface area (TPSA) is 105 Å². The molecule has 2 unspecified atom stereocenters. The zero-order valence-electron chi connectivity index (χ0n) is 25.2. The van der Waals surface area contributed by atoms with E-state index >= 15 is 0 Å². The van der Waals surface area contributed by atoms with Crippen LogP contribution in [-0.2, 0) is 16.0 Å². The Morgan fingerprint density at radius 3 is 2.09 bits per heavy atom. The number of halogens is 3. The molecule has 3 aromatic rings. The van der Waals surface area contributed by atoms with Crippen LogP contribution in [0.1, 0.15) is 102 Å². The molecule has 0 radical (unpaired) electrons. The Balaban J connectivity index is 1.52. The smallest absolute Gasteiger partial charge is 0.481 e. The minimum absolute atomic E-state index is 0.0195. The summed E-state index contributed by atoms with van der Waals surface area (Å²) in [6.07, 6.45) is 1.91. The first-order valence-corrected chi connectivity index (χ1v) is 15.4. The van der Waals surface area contributed by atoms with Gasteiger partial charge in [0.25, 0.3) is 5.91 Å². The Morgan fingerprint density at radius 1 is 0.889 bits per heavy atom. The van der Waals surface area contributed by atoms with E-state index in [0.717, 1.165) is 24.0 Å². The van der Waals surface area contributed by atoms with Gasteiger partial charge in [0.2, 0.25) is 5.91 Å². The highest BCUT2D eigenvalue weighted by Gasteiger charge is 2.31. The summed E-state index contributed by atoms with van der Waals surface area (Å²) in [5, 5.41) is 14.5. The van der Waals surface area contributed by atoms with E-state index in [2.05, 4.69) is 27.5 Å². The molecule has 240 valence electrons. The quantitative estimate of drug-likeness (QED) is 0.184. The van der Waals surface area contributed by atoms with Gasteiger partial charge >= 0.3 is 12.3 Å². The molecule has 3 aromatic carbocycles. The molecule has 45 heavy (non-hydrogen) atoms. The summed E-state index contributed by atoms with van der Waals surface area (Å²) in [6, 6.07) is 20.1. The molecule has 0 aromatic heterocycles. The van der Waals surface area contributed by atoms with Crippen molar-refractivity contribution in [3.8, 4) is 5.75 Å². The molecular formula is C35H39F3N2O5. The average Bonchev–Trinajstić information content (AvgIpc) is 3.02. The van der Waals surface area contributed by atoms with Crippen molar-refractivity contribution in [2.24, 2.45) is 0 Å². The molecular weight excluding hydrogens is 585 g/mol. The van der Waals surface area contributed by atoms with Crippen LogP contribution in [0.15, 0.2) is 72.8 Å². The van der Waals surface area contributed by atoms with E-state index < -0.39 is 24.3 Å². The van der Waals surface area contributed by atoms with Crippen molar-refractivity contribution in [3.05, 3.63) is 101 Å². The Labute approximate surface area is 261 Å². The number of carbonyl (C=O) groups is 3. The third-order valence-electron chi connectivity index (χ3n) is 8.25. The van der Waals surface area contributed by atoms with E-state index in [1.165, 1.54) is 49.1 Å². The number of hydrogen-bond acceptors (Lipinski definition) is 4. The number of aliphatic carboxylic acids is 1. The maximum atomic E-state index is 13.9. The van der Waals surface area contributed by atoms with Crippen molar-refractivity contribution in [3.63, 3.8) is 0 Å². The van der Waals surface area contributed by atoms with E-state index in [0.29, 0.717) is 29.9 Å². The third-order valence-corrected chi connectivity index (χ3v) is 8.25. The van der Waals surface area contributed by atoms with Gasteiger partial charge in [0.05, 0.1) is 18.4 Å². The molecule has 3 N–H and O–H groups in total. The predicted molar refractivity (Wildman–Crippen MR) is 164 cm³/mol. The molecule has 1 aliphatic carbocycles. The molecule has 2 atom stereocenters. The molecule has 0 heterocycles. The van der Waals surface area contributed by atoms with Gasteiger partial charge in [-0.3, -0.25) is 14.4 Å². The number of rotatable bonds is 13. The van der Waals surface area contributed by atoms with Crippen molar-refractivity contribution in [2.75, 3.05) is 6.54 Å². The second kappa shape index (κ2) is 15.6. The Hall–Kier alpha value is -4.34. The number of hydrogen-bond donors (Lipinski definition) is 3. The van der Waals surface area contributed by atoms with Crippen molar-refractivity contribution >= 4 is 17.8 Å². The lowest BCUT2D eigenvalue weighted by atomic mass is 9.82. The number of alkyl halides is 3. The largest absolute Gasteiger partial charge is 0.573 e. The fourth-order valence-corrected chi connectivity index (χ4v) is 5.81. The van der Waals surface area contributed by atoms with Gasteiger partial charge in [-0.2, -0.15) is 0 Å². The Kier molecular flexibility index (Phi) is 11.6. The summed E-state index contributed by atoms with van der Waals surface area (Å²) < 4.78 is 41.8. The first-order valence-electron chi connectivity index (χ1n) is 15.4. The van der Waals surface area contributed by atoms with Crippen molar-refractivity contribution in [1.29, 1.82) is 0 Å². The number of carbonyl (C=O) groups excluding carboxylic acids is 2.